The molecule has 2 N–H and O–H groups in total. The molecule has 0 unspecified atom stereocenters. The molecule has 2 aliphatic heterocycles. The van der Waals surface area contributed by atoms with Crippen molar-refractivity contribution in [2.24, 2.45) is 5.41 Å². The Labute approximate surface area is 219 Å². The van der Waals surface area contributed by atoms with Crippen molar-refractivity contribution in [3.05, 3.63) is 57.0 Å². The number of benzene rings is 1. The number of rotatable bonds is 8. The van der Waals surface area contributed by atoms with Crippen LogP contribution >= 0.6 is 0 Å². The highest BCUT2D eigenvalue weighted by Crippen LogP contribution is 2.52. The number of aryl methyl sites for hydroxylation is 1. The van der Waals surface area contributed by atoms with Crippen LogP contribution in [0.2, 0.25) is 0 Å². The first-order chi connectivity index (χ1) is 17.9. The van der Waals surface area contributed by atoms with E-state index in [-0.39, 0.29) is 31.2 Å². The summed E-state index contributed by atoms with van der Waals surface area (Å²) < 4.78 is 20.4. The Bertz CT molecular complexity index is 1340. The molecule has 2 aromatic rings. The molecule has 1 aromatic carbocycles. The van der Waals surface area contributed by atoms with Gasteiger partial charge in [-0.05, 0) is 49.8 Å². The van der Waals surface area contributed by atoms with Gasteiger partial charge in [-0.2, -0.15) is 0 Å². The second-order valence-electron chi connectivity index (χ2n) is 10.8. The molecule has 1 aliphatic carbocycles. The molecule has 11 heteroatoms. The monoisotopic (exact) mass is 528 g/mol. The van der Waals surface area contributed by atoms with Crippen LogP contribution in [0.15, 0.2) is 23.0 Å². The summed E-state index contributed by atoms with van der Waals surface area (Å²) >= 11 is 0. The van der Waals surface area contributed by atoms with E-state index in [9.17, 15) is 28.7 Å². The van der Waals surface area contributed by atoms with Crippen LogP contribution in [0.5, 0.6) is 5.75 Å². The first kappa shape index (κ1) is 27.4. The normalized spacial score (nSPS) is 21.9. The second-order valence-corrected chi connectivity index (χ2v) is 10.8. The summed E-state index contributed by atoms with van der Waals surface area (Å²) in [7, 11) is 4.57. The highest BCUT2D eigenvalue weighted by atomic mass is 19.1. The molecule has 1 aromatic heterocycles. The first-order valence-corrected chi connectivity index (χ1v) is 12.5. The number of nitrogens with zero attached hydrogens (tertiary/aromatic N) is 3. The maximum absolute atomic E-state index is 13.6. The second kappa shape index (κ2) is 10.3. The van der Waals surface area contributed by atoms with Gasteiger partial charge < -0.3 is 20.1 Å². The third kappa shape index (κ3) is 4.94. The minimum absolute atomic E-state index is 0.0252. The van der Waals surface area contributed by atoms with E-state index in [0.29, 0.717) is 43.4 Å². The van der Waals surface area contributed by atoms with Crippen LogP contribution in [-0.4, -0.2) is 65.0 Å². The Morgan fingerprint density at radius 3 is 2.50 bits per heavy atom. The zero-order valence-corrected chi connectivity index (χ0v) is 22.1. The largest absolute Gasteiger partial charge is 0.501 e. The molecule has 38 heavy (non-hydrogen) atoms. The van der Waals surface area contributed by atoms with E-state index in [1.54, 1.807) is 20.1 Å². The fourth-order valence-corrected chi connectivity index (χ4v) is 5.70. The molecular weight excluding hydrogens is 495 g/mol. The summed E-state index contributed by atoms with van der Waals surface area (Å²) in [6.45, 7) is 2.22. The summed E-state index contributed by atoms with van der Waals surface area (Å²) in [6, 6.07) is 4.41. The number of aromatic hydroxyl groups is 1. The number of ether oxygens (including phenoxy) is 1. The van der Waals surface area contributed by atoms with Crippen molar-refractivity contribution in [3.8, 4) is 5.75 Å². The van der Waals surface area contributed by atoms with Crippen molar-refractivity contribution in [1.82, 2.24) is 19.8 Å². The lowest BCUT2D eigenvalue weighted by Gasteiger charge is -2.41. The molecule has 3 heterocycles. The van der Waals surface area contributed by atoms with Crippen molar-refractivity contribution in [3.63, 3.8) is 0 Å². The van der Waals surface area contributed by atoms with E-state index in [4.69, 9.17) is 4.74 Å². The number of ketones is 1. The Hall–Kier alpha value is -3.60. The smallest absolute Gasteiger partial charge is 0.296 e. The maximum Gasteiger partial charge on any atom is 0.296 e. The average molecular weight is 529 g/mol. The predicted molar refractivity (Wildman–Crippen MR) is 135 cm³/mol. The highest BCUT2D eigenvalue weighted by molar-refractivity contribution is 6.36. The number of carbonyl (C=O) groups excluding carboxylic acids is 3. The fourth-order valence-electron chi connectivity index (χ4n) is 5.70. The molecule has 5 rings (SSSR count). The van der Waals surface area contributed by atoms with Crippen molar-refractivity contribution in [1.29, 1.82) is 0 Å². The van der Waals surface area contributed by atoms with E-state index in [2.05, 4.69) is 10.3 Å². The van der Waals surface area contributed by atoms with Gasteiger partial charge >= 0.3 is 0 Å². The van der Waals surface area contributed by atoms with E-state index >= 15 is 0 Å². The summed E-state index contributed by atoms with van der Waals surface area (Å²) in [4.78, 5) is 57.7. The number of nitrogens with one attached hydrogen (secondary N) is 1. The van der Waals surface area contributed by atoms with Crippen LogP contribution in [0.25, 0.3) is 0 Å². The number of hydrogen-bond donors (Lipinski definition) is 2. The molecule has 2 bridgehead atoms. The fraction of sp³-hybridized carbons (Fsp3) is 0.519. The van der Waals surface area contributed by atoms with E-state index in [1.165, 1.54) is 35.7 Å². The molecule has 0 saturated heterocycles. The maximum atomic E-state index is 13.6. The number of halogens is 1. The van der Waals surface area contributed by atoms with Crippen LogP contribution in [0.1, 0.15) is 59.5 Å². The molecule has 0 atom stereocenters. The van der Waals surface area contributed by atoms with Gasteiger partial charge in [-0.1, -0.05) is 12.1 Å². The van der Waals surface area contributed by atoms with E-state index < -0.39 is 45.4 Å². The van der Waals surface area contributed by atoms with Gasteiger partial charge in [-0.3, -0.25) is 23.7 Å². The van der Waals surface area contributed by atoms with Crippen molar-refractivity contribution in [2.75, 3.05) is 27.8 Å². The van der Waals surface area contributed by atoms with Crippen LogP contribution in [0, 0.1) is 18.2 Å². The molecule has 3 aliphatic rings. The topological polar surface area (TPSA) is 131 Å². The summed E-state index contributed by atoms with van der Waals surface area (Å²) in [5.41, 5.74) is -1.53. The number of amides is 2. The highest BCUT2D eigenvalue weighted by Gasteiger charge is 2.52. The Balaban J connectivity index is 1.75. The van der Waals surface area contributed by atoms with Crippen LogP contribution < -0.4 is 10.9 Å². The third-order valence-electron chi connectivity index (χ3n) is 7.87. The summed E-state index contributed by atoms with van der Waals surface area (Å²) in [5, 5.41) is 13.4. The quantitative estimate of drug-likeness (QED) is 0.500. The van der Waals surface area contributed by atoms with Gasteiger partial charge in [0.15, 0.2) is 5.69 Å². The number of fused-ring (bicyclic) bond motifs is 2. The molecule has 2 amide bonds. The lowest BCUT2D eigenvalue weighted by atomic mass is 9.63. The van der Waals surface area contributed by atoms with Crippen LogP contribution in [-0.2, 0) is 32.8 Å². The first-order valence-electron chi connectivity index (χ1n) is 12.5. The zero-order valence-electron chi connectivity index (χ0n) is 22.1. The Morgan fingerprint density at radius 2 is 1.89 bits per heavy atom. The van der Waals surface area contributed by atoms with Gasteiger partial charge in [0.25, 0.3) is 17.4 Å². The molecule has 10 nitrogen and oxygen atoms in total. The molecule has 204 valence electrons. The van der Waals surface area contributed by atoms with Gasteiger partial charge in [-0.15, -0.1) is 0 Å². The Kier molecular flexibility index (Phi) is 7.42. The van der Waals surface area contributed by atoms with Gasteiger partial charge in [0.05, 0.1) is 6.61 Å². The van der Waals surface area contributed by atoms with Gasteiger partial charge in [0.1, 0.15) is 11.6 Å². The molecule has 0 radical (unpaired) electrons. The van der Waals surface area contributed by atoms with Crippen molar-refractivity contribution >= 4 is 17.6 Å². The van der Waals surface area contributed by atoms with Crippen molar-refractivity contribution in [2.45, 2.75) is 57.5 Å². The minimum atomic E-state index is -0.952. The molecule has 0 spiro atoms. The predicted octanol–water partition coefficient (Wildman–Crippen LogP) is 1.83. The van der Waals surface area contributed by atoms with Crippen molar-refractivity contribution < 1.29 is 28.6 Å². The van der Waals surface area contributed by atoms with Gasteiger partial charge in [-0.25, -0.2) is 9.37 Å². The minimum Gasteiger partial charge on any atom is -0.501 e. The lowest BCUT2D eigenvalue weighted by molar-refractivity contribution is -0.144. The number of aromatic nitrogens is 2. The number of Topliss-reactive ketones (excluding diaryl/α,β-unsaturated/α-hetero) is 1. The van der Waals surface area contributed by atoms with E-state index in [0.717, 1.165) is 0 Å². The lowest BCUT2D eigenvalue weighted by Crippen LogP contribution is -2.42. The molecule has 1 saturated carbocycles. The number of methoxy groups -OCH3 is 1. The van der Waals surface area contributed by atoms with Crippen LogP contribution in [0.3, 0.4) is 0 Å². The standard InChI is InChI=1S/C27H33FN4O6/c1-16-11-17(5-6-18(16)28)13-29-22(35)20-21(34)24(37)32-14-26(15-38-4)7-9-27(10-8-26,25(32)30-20)12-19(33)23(36)31(2)3/h5-6,11,34H,7-10,12-15H2,1-4H3,(H,29,35). The number of likely N-dealkylation sites (N-methyl/N-ethyl adjacent to an activating group) is 1. The average Bonchev–Trinajstić information content (AvgIpc) is 3.09. The number of hydrogen-bond acceptors (Lipinski definition) is 7. The molecular formula is C27H33FN4O6. The molecule has 1 fully saturated rings. The summed E-state index contributed by atoms with van der Waals surface area (Å²) in [5.74, 6) is -2.98. The van der Waals surface area contributed by atoms with Crippen LogP contribution in [0.4, 0.5) is 4.39 Å². The third-order valence-corrected chi connectivity index (χ3v) is 7.87. The summed E-state index contributed by atoms with van der Waals surface area (Å²) in [6.07, 6.45) is 2.02. The Morgan fingerprint density at radius 1 is 1.21 bits per heavy atom. The van der Waals surface area contributed by atoms with Gasteiger partial charge in [0, 0.05) is 51.5 Å². The van der Waals surface area contributed by atoms with E-state index in [1.807, 2.05) is 0 Å². The number of carbonyl (C=O) groups is 3. The SMILES string of the molecule is COCC12CCC(CC(=O)C(=O)N(C)C)(CC1)c1nc(C(=O)NCc3ccc(F)c(C)c3)c(O)c(=O)n1C2. The zero-order chi connectivity index (χ0) is 27.8. The van der Waals surface area contributed by atoms with Gasteiger partial charge in [0.2, 0.25) is 11.5 Å².